The predicted molar refractivity (Wildman–Crippen MR) is 66.7 cm³/mol. The molecule has 0 aliphatic heterocycles. The summed E-state index contributed by atoms with van der Waals surface area (Å²) in [4.78, 5) is 0. The van der Waals surface area contributed by atoms with Gasteiger partial charge in [0.05, 0.1) is 0 Å². The van der Waals surface area contributed by atoms with E-state index >= 15 is 0 Å². The lowest BCUT2D eigenvalue weighted by Crippen LogP contribution is -2.30. The van der Waals surface area contributed by atoms with Gasteiger partial charge in [-0.2, -0.15) is 4.57 Å². The Morgan fingerprint density at radius 1 is 0.875 bits per heavy atom. The minimum Gasteiger partial charge on any atom is -0.167 e. The van der Waals surface area contributed by atoms with E-state index in [1.54, 1.807) is 0 Å². The maximum atomic E-state index is 2.24. The van der Waals surface area contributed by atoms with Gasteiger partial charge in [-0.1, -0.05) is 32.0 Å². The van der Waals surface area contributed by atoms with Crippen molar-refractivity contribution < 1.29 is 4.57 Å². The molecule has 0 saturated carbocycles. The van der Waals surface area contributed by atoms with Crippen LogP contribution in [0.15, 0.2) is 48.8 Å². The SMILES string of the molecule is CCc1cc[n+](-c2ccccc2)cc1CC. The lowest BCUT2D eigenvalue weighted by Gasteiger charge is -2.03. The van der Waals surface area contributed by atoms with Gasteiger partial charge in [-0.25, -0.2) is 0 Å². The maximum absolute atomic E-state index is 2.24. The van der Waals surface area contributed by atoms with Crippen LogP contribution in [0.2, 0.25) is 0 Å². The number of nitrogens with zero attached hydrogens (tertiary/aromatic N) is 1. The lowest BCUT2D eigenvalue weighted by atomic mass is 10.1. The van der Waals surface area contributed by atoms with E-state index < -0.39 is 0 Å². The zero-order chi connectivity index (χ0) is 11.4. The molecule has 1 nitrogen and oxygen atoms in total. The third-order valence-corrected chi connectivity index (χ3v) is 2.96. The van der Waals surface area contributed by atoms with Gasteiger partial charge in [-0.15, -0.1) is 0 Å². The van der Waals surface area contributed by atoms with Gasteiger partial charge in [0.1, 0.15) is 0 Å². The van der Waals surface area contributed by atoms with Crippen molar-refractivity contribution in [3.63, 3.8) is 0 Å². The molecule has 2 aromatic rings. The summed E-state index contributed by atoms with van der Waals surface area (Å²) in [5.41, 5.74) is 4.11. The summed E-state index contributed by atoms with van der Waals surface area (Å²) in [6.45, 7) is 4.42. The minimum atomic E-state index is 1.09. The van der Waals surface area contributed by atoms with Gasteiger partial charge in [0.2, 0.25) is 5.69 Å². The Hall–Kier alpha value is -1.63. The highest BCUT2D eigenvalue weighted by atomic mass is 14.9. The van der Waals surface area contributed by atoms with Gasteiger partial charge in [-0.3, -0.25) is 0 Å². The number of para-hydroxylation sites is 1. The molecule has 0 unspecified atom stereocenters. The molecule has 82 valence electrons. The Bertz CT molecular complexity index is 460. The average molecular weight is 212 g/mol. The molecule has 1 aromatic carbocycles. The van der Waals surface area contributed by atoms with Crippen LogP contribution < -0.4 is 4.57 Å². The number of pyridine rings is 1. The number of aromatic nitrogens is 1. The van der Waals surface area contributed by atoms with Crippen LogP contribution >= 0.6 is 0 Å². The highest BCUT2D eigenvalue weighted by Crippen LogP contribution is 2.08. The van der Waals surface area contributed by atoms with E-state index in [1.165, 1.54) is 16.8 Å². The van der Waals surface area contributed by atoms with Crippen LogP contribution in [0.4, 0.5) is 0 Å². The number of aryl methyl sites for hydroxylation is 2. The molecule has 1 heterocycles. The molecule has 0 aliphatic rings. The van der Waals surface area contributed by atoms with E-state index in [9.17, 15) is 0 Å². The van der Waals surface area contributed by atoms with Crippen molar-refractivity contribution >= 4 is 0 Å². The predicted octanol–water partition coefficient (Wildman–Crippen LogP) is 3.09. The van der Waals surface area contributed by atoms with E-state index in [4.69, 9.17) is 0 Å². The van der Waals surface area contributed by atoms with E-state index in [-0.39, 0.29) is 0 Å². The summed E-state index contributed by atoms with van der Waals surface area (Å²) in [5.74, 6) is 0. The van der Waals surface area contributed by atoms with Gasteiger partial charge in [-0.05, 0) is 18.4 Å². The van der Waals surface area contributed by atoms with Crippen molar-refractivity contribution in [2.24, 2.45) is 0 Å². The highest BCUT2D eigenvalue weighted by molar-refractivity contribution is 5.25. The van der Waals surface area contributed by atoms with Crippen molar-refractivity contribution in [3.05, 3.63) is 59.9 Å². The van der Waals surface area contributed by atoms with E-state index in [2.05, 4.69) is 61.1 Å². The fraction of sp³-hybridized carbons (Fsp3) is 0.267. The molecular formula is C15H18N+. The van der Waals surface area contributed by atoms with Crippen molar-refractivity contribution in [1.82, 2.24) is 0 Å². The van der Waals surface area contributed by atoms with E-state index in [0.29, 0.717) is 0 Å². The molecule has 0 fully saturated rings. The summed E-state index contributed by atoms with van der Waals surface area (Å²) in [5, 5.41) is 0. The molecular weight excluding hydrogens is 194 g/mol. The molecule has 1 aromatic heterocycles. The first kappa shape index (κ1) is 10.9. The summed E-state index contributed by atoms with van der Waals surface area (Å²) >= 11 is 0. The first-order valence-corrected chi connectivity index (χ1v) is 5.93. The third kappa shape index (κ3) is 2.13. The smallest absolute Gasteiger partial charge is 0.167 e. The van der Waals surface area contributed by atoms with Crippen LogP contribution in [-0.4, -0.2) is 0 Å². The number of rotatable bonds is 3. The summed E-state index contributed by atoms with van der Waals surface area (Å²) in [6, 6.07) is 12.7. The Labute approximate surface area is 97.4 Å². The Kier molecular flexibility index (Phi) is 3.35. The first-order chi connectivity index (χ1) is 7.85. The highest BCUT2D eigenvalue weighted by Gasteiger charge is 2.08. The quantitative estimate of drug-likeness (QED) is 0.688. The zero-order valence-corrected chi connectivity index (χ0v) is 9.98. The molecule has 0 amide bonds. The topological polar surface area (TPSA) is 3.88 Å². The fourth-order valence-electron chi connectivity index (χ4n) is 2.00. The Morgan fingerprint density at radius 2 is 1.56 bits per heavy atom. The molecule has 0 spiro atoms. The largest absolute Gasteiger partial charge is 0.210 e. The minimum absolute atomic E-state index is 1.09. The van der Waals surface area contributed by atoms with Crippen molar-refractivity contribution in [2.75, 3.05) is 0 Å². The molecule has 2 rings (SSSR count). The van der Waals surface area contributed by atoms with Crippen molar-refractivity contribution in [3.8, 4) is 5.69 Å². The molecule has 0 N–H and O–H groups in total. The molecule has 0 aliphatic carbocycles. The van der Waals surface area contributed by atoms with Crippen LogP contribution in [0, 0.1) is 0 Å². The number of hydrogen-bond acceptors (Lipinski definition) is 0. The molecule has 0 bridgehead atoms. The molecule has 0 saturated heterocycles. The van der Waals surface area contributed by atoms with Crippen LogP contribution in [0.5, 0.6) is 0 Å². The molecule has 0 atom stereocenters. The second-order valence-corrected chi connectivity index (χ2v) is 3.95. The lowest BCUT2D eigenvalue weighted by molar-refractivity contribution is -0.596. The van der Waals surface area contributed by atoms with E-state index in [1.807, 2.05) is 6.07 Å². The van der Waals surface area contributed by atoms with Gasteiger partial charge in [0, 0.05) is 23.8 Å². The average Bonchev–Trinajstić information content (AvgIpc) is 2.39. The van der Waals surface area contributed by atoms with Gasteiger partial charge in [0.25, 0.3) is 0 Å². The maximum Gasteiger partial charge on any atom is 0.210 e. The molecule has 0 radical (unpaired) electrons. The first-order valence-electron chi connectivity index (χ1n) is 5.93. The number of benzene rings is 1. The van der Waals surface area contributed by atoms with Crippen molar-refractivity contribution in [1.29, 1.82) is 0 Å². The van der Waals surface area contributed by atoms with Gasteiger partial charge < -0.3 is 0 Å². The summed E-state index contributed by atoms with van der Waals surface area (Å²) in [6.07, 6.45) is 6.59. The Morgan fingerprint density at radius 3 is 2.19 bits per heavy atom. The summed E-state index contributed by atoms with van der Waals surface area (Å²) < 4.78 is 2.19. The van der Waals surface area contributed by atoms with Crippen LogP contribution in [0.3, 0.4) is 0 Å². The van der Waals surface area contributed by atoms with Gasteiger partial charge >= 0.3 is 0 Å². The fourth-order valence-corrected chi connectivity index (χ4v) is 2.00. The van der Waals surface area contributed by atoms with E-state index in [0.717, 1.165) is 12.8 Å². The molecule has 16 heavy (non-hydrogen) atoms. The van der Waals surface area contributed by atoms with Crippen LogP contribution in [-0.2, 0) is 12.8 Å². The normalized spacial score (nSPS) is 10.4. The van der Waals surface area contributed by atoms with Gasteiger partial charge in [0.15, 0.2) is 12.4 Å². The second-order valence-electron chi connectivity index (χ2n) is 3.95. The third-order valence-electron chi connectivity index (χ3n) is 2.96. The zero-order valence-electron chi connectivity index (χ0n) is 9.98. The Balaban J connectivity index is 2.44. The second kappa shape index (κ2) is 4.93. The molecule has 1 heteroatoms. The number of hydrogen-bond donors (Lipinski definition) is 0. The summed E-state index contributed by atoms with van der Waals surface area (Å²) in [7, 11) is 0. The standard InChI is InChI=1S/C15H18N/c1-3-13-10-11-16(12-14(13)4-2)15-8-6-5-7-9-15/h5-12H,3-4H2,1-2H3/q+1. The van der Waals surface area contributed by atoms with Crippen molar-refractivity contribution in [2.45, 2.75) is 26.7 Å². The van der Waals surface area contributed by atoms with Crippen LogP contribution in [0.25, 0.3) is 5.69 Å². The monoisotopic (exact) mass is 212 g/mol. The van der Waals surface area contributed by atoms with Crippen LogP contribution in [0.1, 0.15) is 25.0 Å².